The Kier molecular flexibility index (Phi) is 6.92. The summed E-state index contributed by atoms with van der Waals surface area (Å²) < 4.78 is 17.2. The summed E-state index contributed by atoms with van der Waals surface area (Å²) in [6.07, 6.45) is 4.78. The van der Waals surface area contributed by atoms with Gasteiger partial charge in [-0.15, -0.1) is 0 Å². The van der Waals surface area contributed by atoms with Crippen LogP contribution in [-0.2, 0) is 0 Å². The Balaban J connectivity index is 1.37. The molecular weight excluding hydrogens is 390 g/mol. The topological polar surface area (TPSA) is 51.9 Å². The van der Waals surface area contributed by atoms with Crippen LogP contribution in [0.25, 0.3) is 22.3 Å². The molecular formula is C26H31NO4. The predicted molar refractivity (Wildman–Crippen MR) is 124 cm³/mol. The molecule has 2 heterocycles. The van der Waals surface area contributed by atoms with E-state index in [2.05, 4.69) is 11.8 Å². The van der Waals surface area contributed by atoms with Gasteiger partial charge in [0, 0.05) is 17.7 Å². The molecule has 1 saturated heterocycles. The molecule has 0 saturated carbocycles. The minimum Gasteiger partial charge on any atom is -0.497 e. The van der Waals surface area contributed by atoms with Crippen molar-refractivity contribution in [2.45, 2.75) is 32.6 Å². The molecule has 1 fully saturated rings. The summed E-state index contributed by atoms with van der Waals surface area (Å²) in [7, 11) is 1.63. The van der Waals surface area contributed by atoms with E-state index in [1.54, 1.807) is 13.2 Å². The molecule has 1 aliphatic rings. The highest BCUT2D eigenvalue weighted by Crippen LogP contribution is 2.26. The Hall–Kier alpha value is -2.79. The number of ether oxygens (including phenoxy) is 2. The van der Waals surface area contributed by atoms with Crippen molar-refractivity contribution >= 4 is 11.0 Å². The third kappa shape index (κ3) is 5.47. The average molecular weight is 422 g/mol. The molecule has 0 amide bonds. The van der Waals surface area contributed by atoms with E-state index in [0.717, 1.165) is 42.4 Å². The third-order valence-electron chi connectivity index (χ3n) is 6.09. The van der Waals surface area contributed by atoms with Gasteiger partial charge in [0.15, 0.2) is 5.43 Å². The van der Waals surface area contributed by atoms with Gasteiger partial charge < -0.3 is 18.8 Å². The van der Waals surface area contributed by atoms with Crippen molar-refractivity contribution in [1.29, 1.82) is 0 Å². The van der Waals surface area contributed by atoms with Crippen LogP contribution in [0.1, 0.15) is 32.6 Å². The molecule has 0 radical (unpaired) electrons. The van der Waals surface area contributed by atoms with Crippen molar-refractivity contribution in [3.63, 3.8) is 0 Å². The number of unbranched alkanes of at least 4 members (excludes halogenated alkanes) is 1. The Labute approximate surface area is 183 Å². The van der Waals surface area contributed by atoms with Gasteiger partial charge in [-0.2, -0.15) is 0 Å². The summed E-state index contributed by atoms with van der Waals surface area (Å²) in [6, 6.07) is 14.4. The minimum absolute atomic E-state index is 0.0607. The molecule has 1 aliphatic heterocycles. The van der Waals surface area contributed by atoms with Crippen LogP contribution in [0.2, 0.25) is 0 Å². The second-order valence-electron chi connectivity index (χ2n) is 8.44. The van der Waals surface area contributed by atoms with Crippen LogP contribution in [0.5, 0.6) is 11.5 Å². The first-order chi connectivity index (χ1) is 15.1. The van der Waals surface area contributed by atoms with E-state index in [-0.39, 0.29) is 5.43 Å². The number of rotatable bonds is 8. The number of hydrogen-bond donors (Lipinski definition) is 0. The maximum atomic E-state index is 12.5. The quantitative estimate of drug-likeness (QED) is 0.458. The van der Waals surface area contributed by atoms with Crippen molar-refractivity contribution < 1.29 is 13.9 Å². The summed E-state index contributed by atoms with van der Waals surface area (Å²) in [6.45, 7) is 6.60. The van der Waals surface area contributed by atoms with Crippen LogP contribution >= 0.6 is 0 Å². The van der Waals surface area contributed by atoms with Crippen LogP contribution < -0.4 is 14.9 Å². The summed E-state index contributed by atoms with van der Waals surface area (Å²) in [5, 5.41) is 0.559. The lowest BCUT2D eigenvalue weighted by atomic mass is 9.99. The van der Waals surface area contributed by atoms with E-state index in [1.807, 2.05) is 36.4 Å². The Morgan fingerprint density at radius 3 is 2.48 bits per heavy atom. The van der Waals surface area contributed by atoms with E-state index >= 15 is 0 Å². The average Bonchev–Trinajstić information content (AvgIpc) is 2.80. The van der Waals surface area contributed by atoms with E-state index in [0.29, 0.717) is 23.3 Å². The van der Waals surface area contributed by atoms with Crippen LogP contribution in [0.3, 0.4) is 0 Å². The molecule has 31 heavy (non-hydrogen) atoms. The Bertz CT molecular complexity index is 1050. The molecule has 0 atom stereocenters. The van der Waals surface area contributed by atoms with Crippen molar-refractivity contribution in [3.8, 4) is 22.8 Å². The Morgan fingerprint density at radius 2 is 1.74 bits per heavy atom. The molecule has 0 spiro atoms. The number of piperidine rings is 1. The fourth-order valence-corrected chi connectivity index (χ4v) is 4.04. The largest absolute Gasteiger partial charge is 0.497 e. The summed E-state index contributed by atoms with van der Waals surface area (Å²) in [5.41, 5.74) is 1.31. The van der Waals surface area contributed by atoms with E-state index in [9.17, 15) is 4.79 Å². The highest BCUT2D eigenvalue weighted by Gasteiger charge is 2.14. The standard InChI is InChI=1S/C26H31NO4/c1-19-11-14-27(15-12-19)13-3-4-16-30-22-9-10-23-24(28)18-25(31-26(23)17-22)20-5-7-21(29-2)8-6-20/h5-10,17-19H,3-4,11-16H2,1-2H3. The summed E-state index contributed by atoms with van der Waals surface area (Å²) in [5.74, 6) is 2.90. The Morgan fingerprint density at radius 1 is 1.00 bits per heavy atom. The van der Waals surface area contributed by atoms with Crippen LogP contribution in [0.4, 0.5) is 0 Å². The number of hydrogen-bond acceptors (Lipinski definition) is 5. The number of likely N-dealkylation sites (tertiary alicyclic amines) is 1. The zero-order valence-corrected chi connectivity index (χ0v) is 18.4. The fraction of sp³-hybridized carbons (Fsp3) is 0.423. The number of methoxy groups -OCH3 is 1. The first-order valence-corrected chi connectivity index (χ1v) is 11.2. The molecule has 1 aromatic heterocycles. The first kappa shape index (κ1) is 21.4. The zero-order chi connectivity index (χ0) is 21.6. The van der Waals surface area contributed by atoms with Gasteiger partial charge in [0.05, 0.1) is 19.1 Å². The molecule has 2 aromatic carbocycles. The zero-order valence-electron chi connectivity index (χ0n) is 18.4. The van der Waals surface area contributed by atoms with Crippen molar-refractivity contribution in [2.75, 3.05) is 33.4 Å². The lowest BCUT2D eigenvalue weighted by molar-refractivity contribution is 0.185. The number of benzene rings is 2. The third-order valence-corrected chi connectivity index (χ3v) is 6.09. The second kappa shape index (κ2) is 10.0. The lowest BCUT2D eigenvalue weighted by Crippen LogP contribution is -2.33. The first-order valence-electron chi connectivity index (χ1n) is 11.2. The van der Waals surface area contributed by atoms with Gasteiger partial charge in [-0.25, -0.2) is 0 Å². The maximum absolute atomic E-state index is 12.5. The highest BCUT2D eigenvalue weighted by molar-refractivity contribution is 5.80. The van der Waals surface area contributed by atoms with Crippen LogP contribution in [0, 0.1) is 5.92 Å². The molecule has 5 heteroatoms. The fourth-order valence-electron chi connectivity index (χ4n) is 4.04. The van der Waals surface area contributed by atoms with Crippen LogP contribution in [0.15, 0.2) is 57.7 Å². The van der Waals surface area contributed by atoms with Crippen molar-refractivity contribution in [1.82, 2.24) is 4.90 Å². The van der Waals surface area contributed by atoms with E-state index in [1.165, 1.54) is 32.0 Å². The van der Waals surface area contributed by atoms with Gasteiger partial charge in [0.25, 0.3) is 0 Å². The van der Waals surface area contributed by atoms with Gasteiger partial charge >= 0.3 is 0 Å². The number of nitrogens with zero attached hydrogens (tertiary/aromatic N) is 1. The van der Waals surface area contributed by atoms with Gasteiger partial charge in [0.2, 0.25) is 0 Å². The molecule has 5 nitrogen and oxygen atoms in total. The van der Waals surface area contributed by atoms with Gasteiger partial charge in [-0.3, -0.25) is 4.79 Å². The van der Waals surface area contributed by atoms with Crippen LogP contribution in [-0.4, -0.2) is 38.3 Å². The normalized spacial score (nSPS) is 15.3. The SMILES string of the molecule is COc1ccc(-c2cc(=O)c3ccc(OCCCCN4CCC(C)CC4)cc3o2)cc1. The minimum atomic E-state index is -0.0607. The molecule has 3 aromatic rings. The van der Waals surface area contributed by atoms with Crippen molar-refractivity contribution in [3.05, 3.63) is 58.8 Å². The van der Waals surface area contributed by atoms with E-state index < -0.39 is 0 Å². The summed E-state index contributed by atoms with van der Waals surface area (Å²) >= 11 is 0. The highest BCUT2D eigenvalue weighted by atomic mass is 16.5. The molecule has 164 valence electrons. The van der Waals surface area contributed by atoms with Crippen molar-refractivity contribution in [2.24, 2.45) is 5.92 Å². The smallest absolute Gasteiger partial charge is 0.193 e. The lowest BCUT2D eigenvalue weighted by Gasteiger charge is -2.30. The van der Waals surface area contributed by atoms with Gasteiger partial charge in [-0.05, 0) is 87.6 Å². The maximum Gasteiger partial charge on any atom is 0.193 e. The molecule has 0 bridgehead atoms. The molecule has 0 unspecified atom stereocenters. The van der Waals surface area contributed by atoms with Gasteiger partial charge in [0.1, 0.15) is 22.8 Å². The molecule has 0 N–H and O–H groups in total. The monoisotopic (exact) mass is 421 g/mol. The molecule has 4 rings (SSSR count). The predicted octanol–water partition coefficient (Wildman–Crippen LogP) is 5.36. The molecule has 0 aliphatic carbocycles. The second-order valence-corrected chi connectivity index (χ2v) is 8.44. The summed E-state index contributed by atoms with van der Waals surface area (Å²) in [4.78, 5) is 15.1. The number of fused-ring (bicyclic) bond motifs is 1. The van der Waals surface area contributed by atoms with E-state index in [4.69, 9.17) is 13.9 Å². The van der Waals surface area contributed by atoms with Gasteiger partial charge in [-0.1, -0.05) is 6.92 Å².